The van der Waals surface area contributed by atoms with Crippen molar-refractivity contribution in [2.75, 3.05) is 19.1 Å². The van der Waals surface area contributed by atoms with Crippen LogP contribution in [0.2, 0.25) is 0 Å². The number of carbonyl (C=O) groups is 3. The summed E-state index contributed by atoms with van der Waals surface area (Å²) in [6.45, 7) is 0.752. The molecule has 2 heterocycles. The molecule has 4 aliphatic rings. The number of imidazole rings is 1. The zero-order valence-corrected chi connectivity index (χ0v) is 36.3. The van der Waals surface area contributed by atoms with Crippen LogP contribution in [0.15, 0.2) is 138 Å². The van der Waals surface area contributed by atoms with Crippen LogP contribution in [0.25, 0.3) is 16.7 Å². The summed E-state index contributed by atoms with van der Waals surface area (Å²) in [4.78, 5) is 52.8. The number of hydrogen-bond acceptors (Lipinski definition) is 6. The maximum absolute atomic E-state index is 13.5. The van der Waals surface area contributed by atoms with Crippen LogP contribution in [0.4, 0.5) is 11.4 Å². The summed E-state index contributed by atoms with van der Waals surface area (Å²) < 4.78 is 13.9. The van der Waals surface area contributed by atoms with Crippen molar-refractivity contribution in [3.8, 4) is 5.69 Å². The highest BCUT2D eigenvalue weighted by molar-refractivity contribution is 6.07. The summed E-state index contributed by atoms with van der Waals surface area (Å²) in [5.41, 5.74) is 13.4. The lowest BCUT2D eigenvalue weighted by Crippen LogP contribution is -2.23. The first-order valence-corrected chi connectivity index (χ1v) is 22.5. The van der Waals surface area contributed by atoms with E-state index in [0.29, 0.717) is 48.1 Å². The van der Waals surface area contributed by atoms with Gasteiger partial charge in [0.2, 0.25) is 5.91 Å². The Morgan fingerprint density at radius 3 is 1.67 bits per heavy atom. The van der Waals surface area contributed by atoms with E-state index in [0.717, 1.165) is 62.5 Å². The van der Waals surface area contributed by atoms with Crippen molar-refractivity contribution in [3.05, 3.63) is 194 Å². The normalized spacial score (nSPS) is 15.4. The first-order chi connectivity index (χ1) is 31.3. The molecule has 7 aromatic rings. The molecule has 3 saturated carbocycles. The SMILES string of the molecule is COC(=O)c1cc(C2CC2)ccc1Cc1ccc2c(c1)CC(=O)N2c1ccccc1.COC(=O)c1cc(C2CC2)ccc1Cc1ccc2c(c1)n(CC1CC1)c(=O)n2-c1ccccc1. The summed E-state index contributed by atoms with van der Waals surface area (Å²) in [5.74, 6) is 1.23. The van der Waals surface area contributed by atoms with Crippen molar-refractivity contribution >= 4 is 40.3 Å². The van der Waals surface area contributed by atoms with Crippen LogP contribution >= 0.6 is 0 Å². The number of methoxy groups -OCH3 is 2. The predicted molar refractivity (Wildman–Crippen MR) is 249 cm³/mol. The lowest BCUT2D eigenvalue weighted by molar-refractivity contribution is -0.116. The Morgan fingerprint density at radius 1 is 0.578 bits per heavy atom. The van der Waals surface area contributed by atoms with Gasteiger partial charge >= 0.3 is 17.6 Å². The Balaban J connectivity index is 0.000000153. The van der Waals surface area contributed by atoms with E-state index in [1.54, 1.807) is 4.90 Å². The molecule has 9 nitrogen and oxygen atoms in total. The number of carbonyl (C=O) groups excluding carboxylic acids is 3. The Labute approximate surface area is 372 Å². The van der Waals surface area contributed by atoms with Gasteiger partial charge in [0.05, 0.1) is 54.2 Å². The average molecular weight is 850 g/mol. The smallest absolute Gasteiger partial charge is 0.338 e. The molecule has 6 aromatic carbocycles. The molecule has 1 aliphatic heterocycles. The lowest BCUT2D eigenvalue weighted by atomic mass is 9.95. The third kappa shape index (κ3) is 8.42. The molecule has 11 rings (SSSR count). The van der Waals surface area contributed by atoms with Crippen molar-refractivity contribution in [1.82, 2.24) is 9.13 Å². The number of para-hydroxylation sites is 2. The number of ether oxygens (including phenoxy) is 2. The number of esters is 2. The van der Waals surface area contributed by atoms with Crippen molar-refractivity contribution < 1.29 is 23.9 Å². The van der Waals surface area contributed by atoms with Crippen molar-refractivity contribution in [2.24, 2.45) is 5.92 Å². The van der Waals surface area contributed by atoms with E-state index in [1.165, 1.54) is 63.9 Å². The fraction of sp³-hybridized carbons (Fsp3) is 0.273. The summed E-state index contributed by atoms with van der Waals surface area (Å²) in [6.07, 6.45) is 8.75. The minimum absolute atomic E-state index is 0.00860. The molecule has 322 valence electrons. The number of nitrogens with zero attached hydrogens (tertiary/aromatic N) is 3. The molecule has 64 heavy (non-hydrogen) atoms. The van der Waals surface area contributed by atoms with Crippen LogP contribution in [-0.2, 0) is 40.1 Å². The van der Waals surface area contributed by atoms with Gasteiger partial charge in [-0.05, 0) is 163 Å². The Bertz CT molecular complexity index is 2970. The molecule has 0 radical (unpaired) electrons. The molecule has 0 spiro atoms. The van der Waals surface area contributed by atoms with Crippen molar-refractivity contribution in [2.45, 2.75) is 76.2 Å². The monoisotopic (exact) mass is 849 g/mol. The second kappa shape index (κ2) is 17.3. The number of rotatable bonds is 12. The van der Waals surface area contributed by atoms with Gasteiger partial charge < -0.3 is 9.47 Å². The number of fused-ring (bicyclic) bond motifs is 2. The van der Waals surface area contributed by atoms with Gasteiger partial charge in [0, 0.05) is 12.2 Å². The van der Waals surface area contributed by atoms with Gasteiger partial charge in [0.15, 0.2) is 0 Å². The zero-order chi connectivity index (χ0) is 43.9. The first kappa shape index (κ1) is 41.0. The van der Waals surface area contributed by atoms with Gasteiger partial charge in [-0.1, -0.05) is 78.9 Å². The lowest BCUT2D eigenvalue weighted by Gasteiger charge is -2.18. The van der Waals surface area contributed by atoms with Gasteiger partial charge in [-0.2, -0.15) is 0 Å². The Morgan fingerprint density at radius 2 is 1.12 bits per heavy atom. The van der Waals surface area contributed by atoms with E-state index in [4.69, 9.17) is 9.47 Å². The molecule has 0 unspecified atom stereocenters. The van der Waals surface area contributed by atoms with Crippen molar-refractivity contribution in [3.63, 3.8) is 0 Å². The second-order valence-electron chi connectivity index (χ2n) is 17.8. The van der Waals surface area contributed by atoms with Crippen LogP contribution in [0, 0.1) is 5.92 Å². The molecule has 0 atom stereocenters. The average Bonchev–Trinajstić information content (AvgIpc) is 4.19. The fourth-order valence-electron chi connectivity index (χ4n) is 9.20. The number of hydrogen-bond donors (Lipinski definition) is 0. The van der Waals surface area contributed by atoms with Gasteiger partial charge in [0.25, 0.3) is 0 Å². The Hall–Kier alpha value is -7.00. The largest absolute Gasteiger partial charge is 0.465 e. The molecule has 0 saturated heterocycles. The summed E-state index contributed by atoms with van der Waals surface area (Å²) >= 11 is 0. The highest BCUT2D eigenvalue weighted by Gasteiger charge is 2.30. The van der Waals surface area contributed by atoms with E-state index < -0.39 is 0 Å². The number of aromatic nitrogens is 2. The van der Waals surface area contributed by atoms with E-state index in [-0.39, 0.29) is 23.5 Å². The van der Waals surface area contributed by atoms with Crippen LogP contribution in [0.3, 0.4) is 0 Å². The number of anilines is 2. The van der Waals surface area contributed by atoms with E-state index in [2.05, 4.69) is 42.5 Å². The van der Waals surface area contributed by atoms with Gasteiger partial charge in [-0.3, -0.25) is 18.8 Å². The molecule has 1 aromatic heterocycles. The summed E-state index contributed by atoms with van der Waals surface area (Å²) in [5, 5.41) is 0. The maximum atomic E-state index is 13.5. The van der Waals surface area contributed by atoms with E-state index in [1.807, 2.05) is 100 Å². The van der Waals surface area contributed by atoms with Crippen molar-refractivity contribution in [1.29, 1.82) is 0 Å². The van der Waals surface area contributed by atoms with Gasteiger partial charge in [0.1, 0.15) is 0 Å². The number of amides is 1. The second-order valence-corrected chi connectivity index (χ2v) is 17.8. The quantitative estimate of drug-likeness (QED) is 0.114. The molecule has 0 bridgehead atoms. The highest BCUT2D eigenvalue weighted by Crippen LogP contribution is 2.42. The molecular formula is C55H51N3O6. The topological polar surface area (TPSA) is 99.8 Å². The molecule has 9 heteroatoms. The molecular weight excluding hydrogens is 799 g/mol. The highest BCUT2D eigenvalue weighted by atomic mass is 16.5. The van der Waals surface area contributed by atoms with E-state index >= 15 is 0 Å². The third-order valence-electron chi connectivity index (χ3n) is 13.1. The van der Waals surface area contributed by atoms with Crippen LogP contribution in [0.1, 0.15) is 110 Å². The minimum atomic E-state index is -0.293. The Kier molecular flexibility index (Phi) is 11.1. The van der Waals surface area contributed by atoms with Crippen LogP contribution in [-0.4, -0.2) is 41.2 Å². The summed E-state index contributed by atoms with van der Waals surface area (Å²) in [7, 11) is 2.86. The third-order valence-corrected chi connectivity index (χ3v) is 13.1. The minimum Gasteiger partial charge on any atom is -0.465 e. The molecule has 1 amide bonds. The van der Waals surface area contributed by atoms with Gasteiger partial charge in [-0.25, -0.2) is 14.4 Å². The standard InChI is InChI=1S/C29H28N2O3.C26H23NO3/c1-34-28(32)25-17-22(21-10-11-21)12-13-23(25)15-20-9-14-26-27(16-20)30(18-19-7-8-19)29(33)31(26)24-5-3-2-4-6-24;1-30-26(29)23-15-19(18-8-9-18)10-11-20(23)13-17-7-12-24-21(14-17)16-25(28)27(24)22-5-3-2-4-6-22/h2-6,9,12-14,16-17,19,21H,7-8,10-11,15,18H2,1H3;2-7,10-12,14-15,18H,8-9,13,16H2,1H3. The van der Waals surface area contributed by atoms with Crippen LogP contribution < -0.4 is 10.6 Å². The molecule has 3 fully saturated rings. The van der Waals surface area contributed by atoms with Gasteiger partial charge in [-0.15, -0.1) is 0 Å². The molecule has 0 N–H and O–H groups in total. The first-order valence-electron chi connectivity index (χ1n) is 22.5. The zero-order valence-electron chi connectivity index (χ0n) is 36.3. The fourth-order valence-corrected chi connectivity index (χ4v) is 9.20. The van der Waals surface area contributed by atoms with Crippen LogP contribution in [0.5, 0.6) is 0 Å². The summed E-state index contributed by atoms with van der Waals surface area (Å²) in [6, 6.07) is 44.3. The number of benzene rings is 6. The predicted octanol–water partition coefficient (Wildman–Crippen LogP) is 10.6. The molecule has 3 aliphatic carbocycles. The van der Waals surface area contributed by atoms with E-state index in [9.17, 15) is 19.2 Å². The maximum Gasteiger partial charge on any atom is 0.338 e.